The summed E-state index contributed by atoms with van der Waals surface area (Å²) in [5.41, 5.74) is 5.96. The number of imide groups is 2. The Labute approximate surface area is 203 Å². The normalized spacial score (nSPS) is 15.3. The van der Waals surface area contributed by atoms with Crippen LogP contribution in [0.15, 0.2) is 72.3 Å². The molecule has 1 saturated heterocycles. The zero-order chi connectivity index (χ0) is 24.9. The van der Waals surface area contributed by atoms with Crippen molar-refractivity contribution < 1.29 is 14.4 Å². The van der Waals surface area contributed by atoms with Gasteiger partial charge in [0, 0.05) is 16.8 Å². The number of barbiturate groups is 1. The van der Waals surface area contributed by atoms with Crippen LogP contribution < -0.4 is 10.2 Å². The number of amides is 4. The lowest BCUT2D eigenvalue weighted by Gasteiger charge is -2.26. The molecule has 1 N–H and O–H groups in total. The van der Waals surface area contributed by atoms with Crippen LogP contribution in [0.1, 0.15) is 28.1 Å². The van der Waals surface area contributed by atoms with Crippen molar-refractivity contribution >= 4 is 40.4 Å². The number of rotatable bonds is 3. The first-order valence-electron chi connectivity index (χ1n) is 11.4. The smallest absolute Gasteiger partial charge is 0.317 e. The first-order valence-corrected chi connectivity index (χ1v) is 11.4. The average molecular weight is 464 g/mol. The number of urea groups is 1. The minimum Gasteiger partial charge on any atom is -0.317 e. The lowest BCUT2D eigenvalue weighted by Crippen LogP contribution is -2.54. The molecular weight excluding hydrogens is 438 g/mol. The van der Waals surface area contributed by atoms with E-state index in [1.807, 2.05) is 58.0 Å². The molecule has 0 radical (unpaired) electrons. The number of hydrogen-bond acceptors (Lipinski definition) is 3. The Balaban J connectivity index is 1.60. The Morgan fingerprint density at radius 1 is 0.800 bits per heavy atom. The first kappa shape index (κ1) is 22.3. The summed E-state index contributed by atoms with van der Waals surface area (Å²) in [4.78, 5) is 39.7. The van der Waals surface area contributed by atoms with Crippen LogP contribution in [-0.4, -0.2) is 22.4 Å². The number of benzene rings is 3. The fourth-order valence-electron chi connectivity index (χ4n) is 4.62. The molecule has 174 valence electrons. The summed E-state index contributed by atoms with van der Waals surface area (Å²) in [6.07, 6.45) is 1.57. The minimum atomic E-state index is -0.748. The molecule has 1 aliphatic heterocycles. The average Bonchev–Trinajstić information content (AvgIpc) is 3.11. The molecule has 1 aliphatic rings. The van der Waals surface area contributed by atoms with Crippen LogP contribution >= 0.6 is 0 Å². The Morgan fingerprint density at radius 2 is 1.54 bits per heavy atom. The number of aryl methyl sites for hydroxylation is 3. The van der Waals surface area contributed by atoms with Gasteiger partial charge in [-0.05, 0) is 80.1 Å². The van der Waals surface area contributed by atoms with Gasteiger partial charge in [-0.3, -0.25) is 14.9 Å². The molecule has 4 amide bonds. The maximum Gasteiger partial charge on any atom is 0.335 e. The monoisotopic (exact) mass is 463 g/mol. The van der Waals surface area contributed by atoms with E-state index in [4.69, 9.17) is 0 Å². The largest absolute Gasteiger partial charge is 0.335 e. The van der Waals surface area contributed by atoms with E-state index in [0.29, 0.717) is 5.69 Å². The van der Waals surface area contributed by atoms with Gasteiger partial charge in [-0.25, -0.2) is 9.69 Å². The summed E-state index contributed by atoms with van der Waals surface area (Å²) in [6.45, 7) is 7.82. The molecule has 6 nitrogen and oxygen atoms in total. The zero-order valence-electron chi connectivity index (χ0n) is 20.0. The van der Waals surface area contributed by atoms with Crippen LogP contribution in [0.25, 0.3) is 22.5 Å². The molecule has 3 aromatic carbocycles. The predicted molar refractivity (Wildman–Crippen MR) is 138 cm³/mol. The predicted octanol–water partition coefficient (Wildman–Crippen LogP) is 5.53. The van der Waals surface area contributed by atoms with Gasteiger partial charge in [0.15, 0.2) is 0 Å². The van der Waals surface area contributed by atoms with Gasteiger partial charge in [-0.15, -0.1) is 0 Å². The molecule has 0 bridgehead atoms. The van der Waals surface area contributed by atoms with Crippen molar-refractivity contribution in [3.8, 4) is 5.69 Å². The van der Waals surface area contributed by atoms with E-state index in [1.165, 1.54) is 0 Å². The third kappa shape index (κ3) is 3.73. The van der Waals surface area contributed by atoms with Crippen LogP contribution in [0.3, 0.4) is 0 Å². The lowest BCUT2D eigenvalue weighted by molar-refractivity contribution is -0.122. The minimum absolute atomic E-state index is 0.0824. The highest BCUT2D eigenvalue weighted by molar-refractivity contribution is 6.39. The van der Waals surface area contributed by atoms with Crippen LogP contribution in [0.5, 0.6) is 0 Å². The van der Waals surface area contributed by atoms with Crippen LogP contribution in [0, 0.1) is 27.7 Å². The second-order valence-electron chi connectivity index (χ2n) is 8.89. The molecule has 2 heterocycles. The fraction of sp³-hybridized carbons (Fsp3) is 0.138. The van der Waals surface area contributed by atoms with Gasteiger partial charge in [0.1, 0.15) is 5.57 Å². The van der Waals surface area contributed by atoms with Gasteiger partial charge in [-0.1, -0.05) is 42.5 Å². The second-order valence-corrected chi connectivity index (χ2v) is 8.89. The summed E-state index contributed by atoms with van der Waals surface area (Å²) in [5.74, 6) is -1.34. The molecule has 0 aliphatic carbocycles. The van der Waals surface area contributed by atoms with Crippen molar-refractivity contribution in [2.45, 2.75) is 27.7 Å². The number of hydrogen-bond donors (Lipinski definition) is 1. The van der Waals surface area contributed by atoms with E-state index in [1.54, 1.807) is 18.2 Å². The molecule has 0 saturated carbocycles. The Morgan fingerprint density at radius 3 is 2.31 bits per heavy atom. The summed E-state index contributed by atoms with van der Waals surface area (Å²) >= 11 is 0. The van der Waals surface area contributed by atoms with E-state index >= 15 is 0 Å². The molecule has 1 aromatic heterocycles. The number of carbonyl (C=O) groups excluding carboxylic acids is 3. The van der Waals surface area contributed by atoms with Gasteiger partial charge in [0.05, 0.1) is 11.4 Å². The van der Waals surface area contributed by atoms with Gasteiger partial charge in [0.2, 0.25) is 0 Å². The SMILES string of the molecule is Cc1ccc(N2C(=O)NC(=O)/C(=C\c3cc(C)n(-c4cccc5ccccc45)c3C)C2=O)cc1C. The molecule has 35 heavy (non-hydrogen) atoms. The van der Waals surface area contributed by atoms with Crippen molar-refractivity contribution in [3.05, 3.63) is 100 Å². The number of aromatic nitrogens is 1. The van der Waals surface area contributed by atoms with Gasteiger partial charge in [-0.2, -0.15) is 0 Å². The second kappa shape index (κ2) is 8.40. The topological polar surface area (TPSA) is 71.4 Å². The highest BCUT2D eigenvalue weighted by Gasteiger charge is 2.37. The molecule has 0 spiro atoms. The van der Waals surface area contributed by atoms with E-state index in [2.05, 4.69) is 34.1 Å². The number of anilines is 1. The van der Waals surface area contributed by atoms with Crippen LogP contribution in [0.2, 0.25) is 0 Å². The Bertz CT molecular complexity index is 1570. The quantitative estimate of drug-likeness (QED) is 0.321. The van der Waals surface area contributed by atoms with Crippen molar-refractivity contribution in [3.63, 3.8) is 0 Å². The number of nitrogens with zero attached hydrogens (tertiary/aromatic N) is 2. The maximum atomic E-state index is 13.4. The summed E-state index contributed by atoms with van der Waals surface area (Å²) in [7, 11) is 0. The standard InChI is InChI=1S/C29H25N3O3/c1-17-12-13-23(14-18(17)2)32-28(34)25(27(33)30-29(32)35)16-22-15-19(3)31(20(22)4)26-11-7-9-21-8-5-6-10-24(21)26/h5-16H,1-4H3,(H,30,33,35)/b25-16+. The number of nitrogens with one attached hydrogen (secondary N) is 1. The summed E-state index contributed by atoms with van der Waals surface area (Å²) in [6, 6.07) is 20.8. The van der Waals surface area contributed by atoms with E-state index in [0.717, 1.165) is 49.4 Å². The van der Waals surface area contributed by atoms with Crippen molar-refractivity contribution in [1.29, 1.82) is 0 Å². The van der Waals surface area contributed by atoms with Crippen molar-refractivity contribution in [1.82, 2.24) is 9.88 Å². The third-order valence-electron chi connectivity index (χ3n) is 6.63. The van der Waals surface area contributed by atoms with E-state index in [-0.39, 0.29) is 5.57 Å². The van der Waals surface area contributed by atoms with Crippen molar-refractivity contribution in [2.75, 3.05) is 4.90 Å². The van der Waals surface area contributed by atoms with Crippen molar-refractivity contribution in [2.24, 2.45) is 0 Å². The summed E-state index contributed by atoms with van der Waals surface area (Å²) < 4.78 is 2.12. The maximum absolute atomic E-state index is 13.4. The van der Waals surface area contributed by atoms with Crippen LogP contribution in [-0.2, 0) is 9.59 Å². The van der Waals surface area contributed by atoms with Gasteiger partial charge < -0.3 is 4.57 Å². The number of carbonyl (C=O) groups is 3. The highest BCUT2D eigenvalue weighted by Crippen LogP contribution is 2.30. The Hall–Kier alpha value is -4.45. The molecule has 0 atom stereocenters. The molecular formula is C29H25N3O3. The fourth-order valence-corrected chi connectivity index (χ4v) is 4.62. The first-order chi connectivity index (χ1) is 16.8. The highest BCUT2D eigenvalue weighted by atomic mass is 16.2. The molecule has 6 heteroatoms. The van der Waals surface area contributed by atoms with E-state index < -0.39 is 17.8 Å². The van der Waals surface area contributed by atoms with Crippen LogP contribution in [0.4, 0.5) is 10.5 Å². The lowest BCUT2D eigenvalue weighted by atomic mass is 10.1. The molecule has 1 fully saturated rings. The van der Waals surface area contributed by atoms with Gasteiger partial charge >= 0.3 is 6.03 Å². The molecule has 4 aromatic rings. The summed E-state index contributed by atoms with van der Waals surface area (Å²) in [5, 5.41) is 4.54. The van der Waals surface area contributed by atoms with Gasteiger partial charge in [0.25, 0.3) is 11.8 Å². The van der Waals surface area contributed by atoms with E-state index in [9.17, 15) is 14.4 Å². The molecule has 5 rings (SSSR count). The number of fused-ring (bicyclic) bond motifs is 1. The third-order valence-corrected chi connectivity index (χ3v) is 6.63. The Kier molecular flexibility index (Phi) is 5.36. The zero-order valence-corrected chi connectivity index (χ0v) is 20.0. The molecule has 0 unspecified atom stereocenters.